The van der Waals surface area contributed by atoms with E-state index in [2.05, 4.69) is 10.2 Å². The molecule has 0 aliphatic carbocycles. The Bertz CT molecular complexity index is 632. The van der Waals surface area contributed by atoms with E-state index in [0.717, 1.165) is 31.6 Å². The van der Waals surface area contributed by atoms with Gasteiger partial charge in [-0.05, 0) is 45.2 Å². The molecule has 0 bridgehead atoms. The van der Waals surface area contributed by atoms with Crippen LogP contribution in [0.25, 0.3) is 0 Å². The Balaban J connectivity index is 1.93. The van der Waals surface area contributed by atoms with Crippen LogP contribution in [0.4, 0.5) is 5.69 Å². The summed E-state index contributed by atoms with van der Waals surface area (Å²) in [7, 11) is 0. The minimum absolute atomic E-state index is 0.426. The van der Waals surface area contributed by atoms with Crippen molar-refractivity contribution in [3.8, 4) is 0 Å². The van der Waals surface area contributed by atoms with E-state index >= 15 is 0 Å². The monoisotopic (exact) mass is 329 g/mol. The predicted octanol–water partition coefficient (Wildman–Crippen LogP) is 2.98. The third-order valence-corrected chi connectivity index (χ3v) is 4.56. The zero-order chi connectivity index (χ0) is 16.4. The SMILES string of the molecule is CC1(C)NC(=S)C(C(=N)N2CCCCC2)=NN1c1ccccc1. The van der Waals surface area contributed by atoms with Gasteiger partial charge in [-0.1, -0.05) is 30.4 Å². The average Bonchev–Trinajstić information content (AvgIpc) is 2.55. The van der Waals surface area contributed by atoms with Crippen LogP contribution in [-0.2, 0) is 0 Å². The fourth-order valence-corrected chi connectivity index (χ4v) is 3.42. The molecule has 1 aromatic rings. The van der Waals surface area contributed by atoms with E-state index < -0.39 is 5.66 Å². The summed E-state index contributed by atoms with van der Waals surface area (Å²) >= 11 is 5.49. The second-order valence-corrected chi connectivity index (χ2v) is 6.91. The highest BCUT2D eigenvalue weighted by molar-refractivity contribution is 7.82. The second kappa shape index (κ2) is 6.28. The van der Waals surface area contributed by atoms with Crippen LogP contribution < -0.4 is 10.3 Å². The number of benzene rings is 1. The number of hydrogen-bond donors (Lipinski definition) is 2. The standard InChI is InChI=1S/C17H23N5S/c1-17(2)19-16(23)14(15(18)21-11-7-4-8-12-21)20-22(17)13-9-5-3-6-10-13/h3,5-6,9-10,18H,4,7-8,11-12H2,1-2H3,(H,19,23). The van der Waals surface area contributed by atoms with E-state index in [1.165, 1.54) is 6.42 Å². The lowest BCUT2D eigenvalue weighted by atomic mass is 10.1. The molecule has 6 heteroatoms. The maximum Gasteiger partial charge on any atom is 0.160 e. The fourth-order valence-electron chi connectivity index (χ4n) is 3.03. The number of nitrogens with one attached hydrogen (secondary N) is 2. The van der Waals surface area contributed by atoms with Crippen molar-refractivity contribution in [1.82, 2.24) is 10.2 Å². The van der Waals surface area contributed by atoms with Gasteiger partial charge in [-0.3, -0.25) is 5.41 Å². The van der Waals surface area contributed by atoms with Gasteiger partial charge in [-0.25, -0.2) is 5.01 Å². The van der Waals surface area contributed by atoms with Crippen LogP contribution in [0.15, 0.2) is 35.4 Å². The molecule has 2 N–H and O–H groups in total. The maximum atomic E-state index is 8.53. The molecule has 2 heterocycles. The van der Waals surface area contributed by atoms with Crippen LogP contribution in [0.1, 0.15) is 33.1 Å². The van der Waals surface area contributed by atoms with Crippen LogP contribution in [0, 0.1) is 5.41 Å². The maximum absolute atomic E-state index is 8.53. The van der Waals surface area contributed by atoms with E-state index in [4.69, 9.17) is 22.7 Å². The van der Waals surface area contributed by atoms with Gasteiger partial charge in [0.05, 0.1) is 5.69 Å². The minimum atomic E-state index is -0.426. The van der Waals surface area contributed by atoms with Gasteiger partial charge >= 0.3 is 0 Å². The number of nitrogens with zero attached hydrogens (tertiary/aromatic N) is 3. The lowest BCUT2D eigenvalue weighted by Gasteiger charge is -2.42. The Morgan fingerprint density at radius 3 is 2.48 bits per heavy atom. The zero-order valence-electron chi connectivity index (χ0n) is 13.7. The highest BCUT2D eigenvalue weighted by atomic mass is 32.1. The fraction of sp³-hybridized carbons (Fsp3) is 0.471. The van der Waals surface area contributed by atoms with Crippen molar-refractivity contribution >= 4 is 34.4 Å². The summed E-state index contributed by atoms with van der Waals surface area (Å²) in [6.07, 6.45) is 3.50. The molecule has 122 valence electrons. The molecular formula is C17H23N5S. The van der Waals surface area contributed by atoms with Gasteiger partial charge in [0.25, 0.3) is 0 Å². The number of para-hydroxylation sites is 1. The van der Waals surface area contributed by atoms with Crippen LogP contribution in [0.3, 0.4) is 0 Å². The van der Waals surface area contributed by atoms with Gasteiger partial charge in [0.1, 0.15) is 10.7 Å². The average molecular weight is 329 g/mol. The number of thiocarbonyl (C=S) groups is 1. The Labute approximate surface area is 142 Å². The Morgan fingerprint density at radius 2 is 1.83 bits per heavy atom. The van der Waals surface area contributed by atoms with E-state index in [9.17, 15) is 0 Å². The van der Waals surface area contributed by atoms with Crippen LogP contribution >= 0.6 is 12.2 Å². The summed E-state index contributed by atoms with van der Waals surface area (Å²) in [5.74, 6) is 0.429. The van der Waals surface area contributed by atoms with E-state index in [1.807, 2.05) is 49.2 Å². The number of amidine groups is 1. The molecular weight excluding hydrogens is 306 g/mol. The number of likely N-dealkylation sites (tertiary alicyclic amines) is 1. The van der Waals surface area contributed by atoms with Gasteiger partial charge in [0, 0.05) is 13.1 Å². The molecule has 0 atom stereocenters. The van der Waals surface area contributed by atoms with Crippen molar-refractivity contribution in [2.75, 3.05) is 18.1 Å². The van der Waals surface area contributed by atoms with Crippen molar-refractivity contribution in [2.45, 2.75) is 38.8 Å². The highest BCUT2D eigenvalue weighted by Crippen LogP contribution is 2.26. The van der Waals surface area contributed by atoms with E-state index in [0.29, 0.717) is 16.5 Å². The summed E-state index contributed by atoms with van der Waals surface area (Å²) in [6.45, 7) is 5.90. The second-order valence-electron chi connectivity index (χ2n) is 6.51. The quantitative estimate of drug-likeness (QED) is 0.497. The summed E-state index contributed by atoms with van der Waals surface area (Å²) in [5, 5.41) is 18.5. The topological polar surface area (TPSA) is 54.7 Å². The van der Waals surface area contributed by atoms with Crippen molar-refractivity contribution < 1.29 is 0 Å². The third-order valence-electron chi connectivity index (χ3n) is 4.26. The molecule has 3 rings (SSSR count). The van der Waals surface area contributed by atoms with E-state index in [-0.39, 0.29) is 0 Å². The Hall–Kier alpha value is -1.95. The first-order valence-electron chi connectivity index (χ1n) is 8.09. The number of anilines is 1. The first-order valence-corrected chi connectivity index (χ1v) is 8.50. The van der Waals surface area contributed by atoms with Gasteiger partial charge in [0.15, 0.2) is 11.5 Å². The Kier molecular flexibility index (Phi) is 4.35. The highest BCUT2D eigenvalue weighted by Gasteiger charge is 2.36. The molecule has 1 aromatic carbocycles. The molecule has 0 aromatic heterocycles. The van der Waals surface area contributed by atoms with Crippen molar-refractivity contribution in [3.05, 3.63) is 30.3 Å². The third kappa shape index (κ3) is 3.22. The molecule has 5 nitrogen and oxygen atoms in total. The summed E-state index contributed by atoms with van der Waals surface area (Å²) in [6, 6.07) is 10.00. The number of rotatable bonds is 2. The lowest BCUT2D eigenvalue weighted by Crippen LogP contribution is -2.62. The first kappa shape index (κ1) is 15.9. The van der Waals surface area contributed by atoms with Crippen LogP contribution in [-0.4, -0.2) is 40.2 Å². The molecule has 0 spiro atoms. The summed E-state index contributed by atoms with van der Waals surface area (Å²) in [4.78, 5) is 2.63. The predicted molar refractivity (Wildman–Crippen MR) is 99.3 cm³/mol. The number of hydrogen-bond acceptors (Lipinski definition) is 4. The molecule has 0 amide bonds. The molecule has 0 radical (unpaired) electrons. The molecule has 0 unspecified atom stereocenters. The number of hydrazone groups is 1. The smallest absolute Gasteiger partial charge is 0.160 e. The van der Waals surface area contributed by atoms with Gasteiger partial charge in [-0.2, -0.15) is 5.10 Å². The van der Waals surface area contributed by atoms with Gasteiger partial charge in [0.2, 0.25) is 0 Å². The molecule has 2 aliphatic heterocycles. The van der Waals surface area contributed by atoms with Crippen LogP contribution in [0.2, 0.25) is 0 Å². The molecule has 1 fully saturated rings. The largest absolute Gasteiger partial charge is 0.355 e. The number of piperidine rings is 1. The van der Waals surface area contributed by atoms with E-state index in [1.54, 1.807) is 0 Å². The molecule has 1 saturated heterocycles. The zero-order valence-corrected chi connectivity index (χ0v) is 14.5. The lowest BCUT2D eigenvalue weighted by molar-refractivity contribution is 0.343. The molecule has 23 heavy (non-hydrogen) atoms. The van der Waals surface area contributed by atoms with Crippen molar-refractivity contribution in [2.24, 2.45) is 5.10 Å². The normalized spacial score (nSPS) is 20.8. The van der Waals surface area contributed by atoms with Crippen molar-refractivity contribution in [3.63, 3.8) is 0 Å². The molecule has 0 saturated carbocycles. The minimum Gasteiger partial charge on any atom is -0.355 e. The summed E-state index contributed by atoms with van der Waals surface area (Å²) < 4.78 is 0. The molecule has 2 aliphatic rings. The summed E-state index contributed by atoms with van der Waals surface area (Å²) in [5.41, 5.74) is 1.12. The van der Waals surface area contributed by atoms with Gasteiger partial charge < -0.3 is 10.2 Å². The van der Waals surface area contributed by atoms with Crippen molar-refractivity contribution in [1.29, 1.82) is 5.41 Å². The Morgan fingerprint density at radius 1 is 1.17 bits per heavy atom. The van der Waals surface area contributed by atoms with Crippen LogP contribution in [0.5, 0.6) is 0 Å². The van der Waals surface area contributed by atoms with Gasteiger partial charge in [-0.15, -0.1) is 0 Å². The first-order chi connectivity index (χ1) is 11.0.